The highest BCUT2D eigenvalue weighted by Crippen LogP contribution is 2.34. The molecule has 1 saturated carbocycles. The quantitative estimate of drug-likeness (QED) is 0.410. The van der Waals surface area contributed by atoms with Crippen molar-refractivity contribution in [2.45, 2.75) is 51.2 Å². The van der Waals surface area contributed by atoms with E-state index in [4.69, 9.17) is 23.2 Å². The number of benzene rings is 1. The largest absolute Gasteiger partial charge is 0.351 e. The summed E-state index contributed by atoms with van der Waals surface area (Å²) in [4.78, 5) is 29.8. The van der Waals surface area contributed by atoms with E-state index in [1.165, 1.54) is 11.3 Å². The van der Waals surface area contributed by atoms with E-state index in [0.717, 1.165) is 53.2 Å². The molecule has 4 rings (SSSR count). The molecule has 0 bridgehead atoms. The Labute approximate surface area is 205 Å². The summed E-state index contributed by atoms with van der Waals surface area (Å²) in [5.41, 5.74) is 1.90. The van der Waals surface area contributed by atoms with Gasteiger partial charge in [-0.1, -0.05) is 71.9 Å². The molecule has 0 spiro atoms. The summed E-state index contributed by atoms with van der Waals surface area (Å²) in [7, 11) is 0. The molecule has 3 aromatic rings. The second kappa shape index (κ2) is 10.3. The molecule has 0 radical (unpaired) electrons. The Bertz CT molecular complexity index is 1080. The highest BCUT2D eigenvalue weighted by Gasteiger charge is 2.36. The van der Waals surface area contributed by atoms with Crippen LogP contribution in [0, 0.1) is 6.92 Å². The minimum atomic E-state index is -0.817. The van der Waals surface area contributed by atoms with Crippen molar-refractivity contribution in [3.05, 3.63) is 72.8 Å². The normalized spacial score (nSPS) is 15.0. The van der Waals surface area contributed by atoms with Crippen LogP contribution in [0.15, 0.2) is 41.8 Å². The van der Waals surface area contributed by atoms with Crippen LogP contribution < -0.4 is 5.32 Å². The number of aromatic nitrogens is 1. The molecule has 1 fully saturated rings. The Morgan fingerprint density at radius 3 is 2.50 bits per heavy atom. The molecule has 0 saturated heterocycles. The van der Waals surface area contributed by atoms with Crippen molar-refractivity contribution in [3.8, 4) is 0 Å². The third-order valence-electron chi connectivity index (χ3n) is 5.62. The molecule has 1 aliphatic rings. The van der Waals surface area contributed by atoms with Gasteiger partial charge in [-0.05, 0) is 48.3 Å². The second-order valence-corrected chi connectivity index (χ2v) is 10.7. The predicted octanol–water partition coefficient (Wildman–Crippen LogP) is 6.26. The van der Waals surface area contributed by atoms with E-state index in [0.29, 0.717) is 0 Å². The SMILES string of the molecule is Cc1ccc([C@H](C(=O)NC2CCCC2)N(Cc2cccs2)C(=O)c2nsc(Cl)c2Cl)cc1. The molecular weight excluding hydrogens is 485 g/mol. The van der Waals surface area contributed by atoms with Crippen LogP contribution in [0.1, 0.15) is 58.2 Å². The van der Waals surface area contributed by atoms with Crippen LogP contribution >= 0.6 is 46.1 Å². The summed E-state index contributed by atoms with van der Waals surface area (Å²) < 4.78 is 4.43. The molecule has 1 atom stereocenters. The van der Waals surface area contributed by atoms with E-state index in [9.17, 15) is 9.59 Å². The van der Waals surface area contributed by atoms with Crippen LogP contribution in [0.5, 0.6) is 0 Å². The third-order valence-corrected chi connectivity index (χ3v) is 8.09. The van der Waals surface area contributed by atoms with Gasteiger partial charge in [0.25, 0.3) is 5.91 Å². The van der Waals surface area contributed by atoms with Gasteiger partial charge in [0.1, 0.15) is 15.4 Å². The first-order chi connectivity index (χ1) is 15.4. The van der Waals surface area contributed by atoms with Gasteiger partial charge in [-0.25, -0.2) is 0 Å². The molecule has 32 heavy (non-hydrogen) atoms. The minimum absolute atomic E-state index is 0.0731. The number of carbonyl (C=O) groups is 2. The van der Waals surface area contributed by atoms with Crippen molar-refractivity contribution in [3.63, 3.8) is 0 Å². The van der Waals surface area contributed by atoms with Crippen LogP contribution in [0.3, 0.4) is 0 Å². The summed E-state index contributed by atoms with van der Waals surface area (Å²) in [5, 5.41) is 5.24. The summed E-state index contributed by atoms with van der Waals surface area (Å²) in [6.45, 7) is 2.25. The van der Waals surface area contributed by atoms with Gasteiger partial charge in [0.05, 0.1) is 6.54 Å². The average molecular weight is 508 g/mol. The number of halogens is 2. The number of hydrogen-bond acceptors (Lipinski definition) is 5. The number of aryl methyl sites for hydroxylation is 1. The Morgan fingerprint density at radius 2 is 1.91 bits per heavy atom. The molecule has 2 amide bonds. The zero-order valence-corrected chi connectivity index (χ0v) is 20.7. The molecular formula is C23H23Cl2N3O2S2. The minimum Gasteiger partial charge on any atom is -0.351 e. The van der Waals surface area contributed by atoms with E-state index in [2.05, 4.69) is 9.69 Å². The van der Waals surface area contributed by atoms with Gasteiger partial charge in [0, 0.05) is 10.9 Å². The van der Waals surface area contributed by atoms with Crippen molar-refractivity contribution in [1.29, 1.82) is 0 Å². The number of rotatable bonds is 7. The zero-order chi connectivity index (χ0) is 22.7. The fourth-order valence-electron chi connectivity index (χ4n) is 3.95. The molecule has 9 heteroatoms. The number of nitrogens with zero attached hydrogens (tertiary/aromatic N) is 2. The van der Waals surface area contributed by atoms with Gasteiger partial charge in [0.2, 0.25) is 5.91 Å². The summed E-state index contributed by atoms with van der Waals surface area (Å²) in [6.07, 6.45) is 4.12. The van der Waals surface area contributed by atoms with Gasteiger partial charge in [0.15, 0.2) is 5.69 Å². The van der Waals surface area contributed by atoms with Crippen LogP contribution in [0.4, 0.5) is 0 Å². The van der Waals surface area contributed by atoms with Crippen LogP contribution in [0.25, 0.3) is 0 Å². The van der Waals surface area contributed by atoms with E-state index in [-0.39, 0.29) is 33.5 Å². The first kappa shape index (κ1) is 23.2. The molecule has 2 heterocycles. The Hall–Kier alpha value is -1.93. The highest BCUT2D eigenvalue weighted by molar-refractivity contribution is 7.11. The first-order valence-corrected chi connectivity index (χ1v) is 12.9. The zero-order valence-electron chi connectivity index (χ0n) is 17.5. The standard InChI is InChI=1S/C23H23Cl2N3O2S2/c1-14-8-10-15(11-9-14)20(22(29)26-16-5-2-3-6-16)28(13-17-7-4-12-31-17)23(30)19-18(24)21(25)32-27-19/h4,7-12,16,20H,2-3,5-6,13H2,1H3,(H,26,29)/t20-/m1/s1. The molecule has 2 aromatic heterocycles. The molecule has 1 aromatic carbocycles. The topological polar surface area (TPSA) is 62.3 Å². The lowest BCUT2D eigenvalue weighted by Gasteiger charge is -2.31. The van der Waals surface area contributed by atoms with Crippen molar-refractivity contribution in [2.24, 2.45) is 0 Å². The van der Waals surface area contributed by atoms with Crippen LogP contribution in [0.2, 0.25) is 9.36 Å². The monoisotopic (exact) mass is 507 g/mol. The number of thiophene rings is 1. The van der Waals surface area contributed by atoms with Gasteiger partial charge >= 0.3 is 0 Å². The van der Waals surface area contributed by atoms with E-state index in [1.54, 1.807) is 4.90 Å². The number of amides is 2. The Kier molecular flexibility index (Phi) is 7.51. The van der Waals surface area contributed by atoms with Gasteiger partial charge in [-0.3, -0.25) is 9.59 Å². The van der Waals surface area contributed by atoms with Gasteiger partial charge in [-0.2, -0.15) is 4.37 Å². The van der Waals surface area contributed by atoms with Crippen molar-refractivity contribution in [1.82, 2.24) is 14.6 Å². The summed E-state index contributed by atoms with van der Waals surface area (Å²) in [5.74, 6) is -0.609. The number of nitrogens with one attached hydrogen (secondary N) is 1. The number of carbonyl (C=O) groups excluding carboxylic acids is 2. The second-order valence-electron chi connectivity index (χ2n) is 7.93. The van der Waals surface area contributed by atoms with Crippen molar-refractivity contribution in [2.75, 3.05) is 0 Å². The molecule has 168 valence electrons. The fourth-order valence-corrected chi connectivity index (χ4v) is 5.64. The van der Waals surface area contributed by atoms with Gasteiger partial charge in [-0.15, -0.1) is 11.3 Å². The lowest BCUT2D eigenvalue weighted by molar-refractivity contribution is -0.126. The lowest BCUT2D eigenvalue weighted by atomic mass is 10.0. The molecule has 1 N–H and O–H groups in total. The fraction of sp³-hybridized carbons (Fsp3) is 0.348. The van der Waals surface area contributed by atoms with E-state index in [1.807, 2.05) is 48.7 Å². The van der Waals surface area contributed by atoms with Gasteiger partial charge < -0.3 is 10.2 Å². The average Bonchev–Trinajstić information content (AvgIpc) is 3.53. The highest BCUT2D eigenvalue weighted by atomic mass is 35.5. The summed E-state index contributed by atoms with van der Waals surface area (Å²) in [6, 6.07) is 10.9. The molecule has 5 nitrogen and oxygen atoms in total. The molecule has 0 aliphatic heterocycles. The summed E-state index contributed by atoms with van der Waals surface area (Å²) >= 11 is 14.9. The maximum absolute atomic E-state index is 13.7. The Morgan fingerprint density at radius 1 is 1.19 bits per heavy atom. The Balaban J connectivity index is 1.75. The molecule has 1 aliphatic carbocycles. The number of hydrogen-bond donors (Lipinski definition) is 1. The predicted molar refractivity (Wildman–Crippen MR) is 131 cm³/mol. The maximum Gasteiger partial charge on any atom is 0.276 e. The van der Waals surface area contributed by atoms with Crippen molar-refractivity contribution < 1.29 is 9.59 Å². The van der Waals surface area contributed by atoms with Crippen LogP contribution in [-0.2, 0) is 11.3 Å². The first-order valence-electron chi connectivity index (χ1n) is 10.4. The smallest absolute Gasteiger partial charge is 0.276 e. The van der Waals surface area contributed by atoms with Crippen molar-refractivity contribution >= 4 is 57.9 Å². The third kappa shape index (κ3) is 5.17. The molecule has 0 unspecified atom stereocenters. The lowest BCUT2D eigenvalue weighted by Crippen LogP contribution is -2.46. The maximum atomic E-state index is 13.7. The van der Waals surface area contributed by atoms with E-state index >= 15 is 0 Å². The van der Waals surface area contributed by atoms with Crippen LogP contribution in [-0.4, -0.2) is 27.1 Å². The van der Waals surface area contributed by atoms with E-state index < -0.39 is 11.9 Å².